The van der Waals surface area contributed by atoms with Crippen LogP contribution in [0.15, 0.2) is 5.38 Å². The molecule has 1 heterocycles. The fourth-order valence-electron chi connectivity index (χ4n) is 5.41. The second-order valence-corrected chi connectivity index (χ2v) is 7.97. The predicted molar refractivity (Wildman–Crippen MR) is 74.3 cm³/mol. The van der Waals surface area contributed by atoms with E-state index >= 15 is 0 Å². The van der Waals surface area contributed by atoms with Gasteiger partial charge in [-0.1, -0.05) is 0 Å². The van der Waals surface area contributed by atoms with Crippen molar-refractivity contribution in [1.82, 2.24) is 4.98 Å². The highest BCUT2D eigenvalue weighted by molar-refractivity contribution is 7.09. The first-order valence-corrected chi connectivity index (χ1v) is 8.26. The van der Waals surface area contributed by atoms with Gasteiger partial charge in [-0.3, -0.25) is 0 Å². The van der Waals surface area contributed by atoms with Crippen LogP contribution in [0.5, 0.6) is 0 Å². The van der Waals surface area contributed by atoms with E-state index in [2.05, 4.69) is 5.38 Å². The number of hydrogen-bond donors (Lipinski definition) is 1. The van der Waals surface area contributed by atoms with Crippen molar-refractivity contribution in [3.05, 3.63) is 16.1 Å². The van der Waals surface area contributed by atoms with E-state index in [0.29, 0.717) is 12.0 Å². The van der Waals surface area contributed by atoms with Crippen molar-refractivity contribution in [2.24, 2.45) is 28.9 Å². The summed E-state index contributed by atoms with van der Waals surface area (Å²) in [5.74, 6) is 3.14. The fraction of sp³-hybridized carbons (Fsp3) is 0.800. The number of nitrogens with two attached hydrogens (primary N) is 1. The van der Waals surface area contributed by atoms with E-state index in [1.807, 2.05) is 0 Å². The molecule has 1 aromatic heterocycles. The fourth-order valence-corrected chi connectivity index (χ4v) is 6.09. The lowest BCUT2D eigenvalue weighted by Gasteiger charge is -2.56. The average molecular weight is 262 g/mol. The summed E-state index contributed by atoms with van der Waals surface area (Å²) >= 11 is 1.74. The van der Waals surface area contributed by atoms with Crippen LogP contribution in [0.25, 0.3) is 0 Å². The molecule has 0 aliphatic heterocycles. The Morgan fingerprint density at radius 3 is 2.28 bits per heavy atom. The first-order valence-electron chi connectivity index (χ1n) is 7.38. The molecule has 4 aliphatic carbocycles. The third-order valence-corrected chi connectivity index (χ3v) is 6.42. The van der Waals surface area contributed by atoms with Gasteiger partial charge >= 0.3 is 0 Å². The molecule has 4 bridgehead atoms. The van der Waals surface area contributed by atoms with E-state index in [1.165, 1.54) is 50.6 Å². The van der Waals surface area contributed by atoms with Crippen LogP contribution < -0.4 is 5.73 Å². The standard InChI is InChI=1S/C15H22N2S/c16-8-14-17-13(9-18-14)7-15-4-10-1-11(5-15)3-12(2-10)6-15/h9-12H,1-8,16H2. The molecule has 18 heavy (non-hydrogen) atoms. The van der Waals surface area contributed by atoms with Crippen LogP contribution >= 0.6 is 11.3 Å². The van der Waals surface area contributed by atoms with Gasteiger partial charge in [-0.25, -0.2) is 4.98 Å². The highest BCUT2D eigenvalue weighted by atomic mass is 32.1. The van der Waals surface area contributed by atoms with Gasteiger partial charge in [0.1, 0.15) is 5.01 Å². The molecule has 0 aromatic carbocycles. The molecule has 4 fully saturated rings. The monoisotopic (exact) mass is 262 g/mol. The summed E-state index contributed by atoms with van der Waals surface area (Å²) in [7, 11) is 0. The van der Waals surface area contributed by atoms with Crippen molar-refractivity contribution in [3.63, 3.8) is 0 Å². The Morgan fingerprint density at radius 1 is 1.17 bits per heavy atom. The molecule has 0 radical (unpaired) electrons. The first-order chi connectivity index (χ1) is 8.75. The number of hydrogen-bond acceptors (Lipinski definition) is 3. The van der Waals surface area contributed by atoms with Crippen LogP contribution in [0.1, 0.15) is 49.2 Å². The second kappa shape index (κ2) is 4.04. The molecule has 0 amide bonds. The zero-order chi connectivity index (χ0) is 12.2. The Kier molecular flexibility index (Phi) is 2.56. The largest absolute Gasteiger partial charge is 0.325 e. The van der Waals surface area contributed by atoms with Crippen LogP contribution in [0.4, 0.5) is 0 Å². The van der Waals surface area contributed by atoms with Crippen molar-refractivity contribution in [2.75, 3.05) is 0 Å². The normalized spacial score (nSPS) is 41.5. The smallest absolute Gasteiger partial charge is 0.106 e. The van der Waals surface area contributed by atoms with Crippen molar-refractivity contribution >= 4 is 11.3 Å². The molecule has 1 aromatic rings. The van der Waals surface area contributed by atoms with E-state index in [-0.39, 0.29) is 0 Å². The van der Waals surface area contributed by atoms with Gasteiger partial charge in [-0.05, 0) is 68.1 Å². The van der Waals surface area contributed by atoms with Crippen LogP contribution in [0.2, 0.25) is 0 Å². The molecule has 5 rings (SSSR count). The summed E-state index contributed by atoms with van der Waals surface area (Å²) in [6.07, 6.45) is 10.3. The number of thiazole rings is 1. The quantitative estimate of drug-likeness (QED) is 0.907. The van der Waals surface area contributed by atoms with Crippen molar-refractivity contribution < 1.29 is 0 Å². The van der Waals surface area contributed by atoms with Crippen molar-refractivity contribution in [1.29, 1.82) is 0 Å². The predicted octanol–water partition coefficient (Wildman–Crippen LogP) is 3.36. The lowest BCUT2D eigenvalue weighted by atomic mass is 9.48. The Morgan fingerprint density at radius 2 is 1.78 bits per heavy atom. The van der Waals surface area contributed by atoms with Gasteiger partial charge in [0, 0.05) is 11.9 Å². The van der Waals surface area contributed by atoms with Gasteiger partial charge in [-0.15, -0.1) is 11.3 Å². The molecule has 0 atom stereocenters. The zero-order valence-corrected chi connectivity index (χ0v) is 11.7. The van der Waals surface area contributed by atoms with Crippen LogP contribution in [-0.4, -0.2) is 4.98 Å². The Balaban J connectivity index is 1.56. The molecule has 4 aliphatic rings. The Bertz CT molecular complexity index is 416. The summed E-state index contributed by atoms with van der Waals surface area (Å²) in [6.45, 7) is 0.603. The maximum atomic E-state index is 5.67. The molecule has 3 heteroatoms. The van der Waals surface area contributed by atoms with Gasteiger partial charge in [0.05, 0.1) is 5.69 Å². The molecule has 98 valence electrons. The van der Waals surface area contributed by atoms with E-state index in [9.17, 15) is 0 Å². The number of nitrogens with zero attached hydrogens (tertiary/aromatic N) is 1. The highest BCUT2D eigenvalue weighted by Crippen LogP contribution is 2.60. The molecule has 2 N–H and O–H groups in total. The molecule has 0 unspecified atom stereocenters. The molecular weight excluding hydrogens is 240 g/mol. The number of rotatable bonds is 3. The molecule has 2 nitrogen and oxygen atoms in total. The van der Waals surface area contributed by atoms with Crippen LogP contribution in [0, 0.1) is 23.2 Å². The zero-order valence-electron chi connectivity index (χ0n) is 10.9. The SMILES string of the molecule is NCc1nc(CC23CC4CC(CC(C4)C2)C3)cs1. The summed E-state index contributed by atoms with van der Waals surface area (Å²) in [5.41, 5.74) is 7.61. The topological polar surface area (TPSA) is 38.9 Å². The third-order valence-electron chi connectivity index (χ3n) is 5.50. The lowest BCUT2D eigenvalue weighted by Crippen LogP contribution is -2.47. The lowest BCUT2D eigenvalue weighted by molar-refractivity contribution is -0.0526. The maximum Gasteiger partial charge on any atom is 0.106 e. The van der Waals surface area contributed by atoms with E-state index < -0.39 is 0 Å². The maximum absolute atomic E-state index is 5.67. The summed E-state index contributed by atoms with van der Waals surface area (Å²) in [4.78, 5) is 4.70. The van der Waals surface area contributed by atoms with E-state index in [1.54, 1.807) is 11.3 Å². The molecule has 4 saturated carbocycles. The summed E-state index contributed by atoms with van der Waals surface area (Å²) in [5, 5.41) is 3.36. The van der Waals surface area contributed by atoms with Crippen molar-refractivity contribution in [3.8, 4) is 0 Å². The third kappa shape index (κ3) is 1.83. The van der Waals surface area contributed by atoms with E-state index in [0.717, 1.165) is 22.8 Å². The van der Waals surface area contributed by atoms with E-state index in [4.69, 9.17) is 10.7 Å². The van der Waals surface area contributed by atoms with Gasteiger partial charge in [0.25, 0.3) is 0 Å². The molecule has 0 saturated heterocycles. The average Bonchev–Trinajstić information content (AvgIpc) is 2.74. The van der Waals surface area contributed by atoms with Gasteiger partial charge in [-0.2, -0.15) is 0 Å². The first kappa shape index (κ1) is 11.4. The minimum Gasteiger partial charge on any atom is -0.325 e. The van der Waals surface area contributed by atoms with Crippen LogP contribution in [-0.2, 0) is 13.0 Å². The van der Waals surface area contributed by atoms with Gasteiger partial charge in [0.2, 0.25) is 0 Å². The van der Waals surface area contributed by atoms with Gasteiger partial charge < -0.3 is 5.73 Å². The minimum absolute atomic E-state index is 0.603. The highest BCUT2D eigenvalue weighted by Gasteiger charge is 2.50. The Hall–Kier alpha value is -0.410. The second-order valence-electron chi connectivity index (χ2n) is 7.03. The van der Waals surface area contributed by atoms with Gasteiger partial charge in [0.15, 0.2) is 0 Å². The summed E-state index contributed by atoms with van der Waals surface area (Å²) < 4.78 is 0. The Labute approximate surface area is 113 Å². The number of aromatic nitrogens is 1. The minimum atomic E-state index is 0.603. The molecule has 0 spiro atoms. The summed E-state index contributed by atoms with van der Waals surface area (Å²) in [6, 6.07) is 0. The van der Waals surface area contributed by atoms with Crippen LogP contribution in [0.3, 0.4) is 0 Å². The molecular formula is C15H22N2S. The van der Waals surface area contributed by atoms with Crippen molar-refractivity contribution in [2.45, 2.75) is 51.5 Å².